The zero-order chi connectivity index (χ0) is 17.7. The van der Waals surface area contributed by atoms with Crippen molar-refractivity contribution < 1.29 is 34.8 Å². The van der Waals surface area contributed by atoms with Gasteiger partial charge in [0, 0.05) is 6.92 Å². The molecule has 0 saturated heterocycles. The van der Waals surface area contributed by atoms with Crippen molar-refractivity contribution in [1.29, 1.82) is 0 Å². The number of nitrogens with one attached hydrogen (secondary N) is 1. The SMILES string of the molecule is CC(=O)N[C@H]1[C@H]([C@H](O)[C@H](O)CO)OC(C(=O)O)=C[C@@H]1N=[11C](N)N. The Morgan fingerprint density at radius 2 is 2.04 bits per heavy atom. The van der Waals surface area contributed by atoms with Gasteiger partial charge in [-0.3, -0.25) is 4.79 Å². The van der Waals surface area contributed by atoms with Crippen LogP contribution >= 0.6 is 0 Å². The molecule has 1 aliphatic heterocycles. The van der Waals surface area contributed by atoms with E-state index in [-0.39, 0.29) is 5.96 Å². The zero-order valence-electron chi connectivity index (χ0n) is 12.3. The lowest BCUT2D eigenvalue weighted by molar-refractivity contribution is -0.145. The Labute approximate surface area is 131 Å². The summed E-state index contributed by atoms with van der Waals surface area (Å²) in [6, 6.07) is -2.11. The molecule has 0 unspecified atom stereocenters. The second kappa shape index (κ2) is 7.76. The molecule has 5 atom stereocenters. The fourth-order valence-electron chi connectivity index (χ4n) is 2.14. The van der Waals surface area contributed by atoms with E-state index in [1.807, 2.05) is 0 Å². The highest BCUT2D eigenvalue weighted by atomic mass is 16.5. The molecule has 1 aliphatic rings. The van der Waals surface area contributed by atoms with E-state index in [0.29, 0.717) is 0 Å². The number of nitrogens with two attached hydrogens (primary N) is 2. The lowest BCUT2D eigenvalue weighted by Crippen LogP contribution is -2.59. The van der Waals surface area contributed by atoms with Gasteiger partial charge in [-0.25, -0.2) is 9.79 Å². The summed E-state index contributed by atoms with van der Waals surface area (Å²) in [6.45, 7) is 0.391. The van der Waals surface area contributed by atoms with Gasteiger partial charge >= 0.3 is 5.97 Å². The third-order valence-electron chi connectivity index (χ3n) is 3.10. The third kappa shape index (κ3) is 4.81. The molecule has 1 amide bonds. The van der Waals surface area contributed by atoms with Crippen molar-refractivity contribution in [3.05, 3.63) is 11.8 Å². The number of carbonyl (C=O) groups is 2. The van der Waals surface area contributed by atoms with E-state index >= 15 is 0 Å². The summed E-state index contributed by atoms with van der Waals surface area (Å²) in [5, 5.41) is 40.1. The fourth-order valence-corrected chi connectivity index (χ4v) is 2.14. The van der Waals surface area contributed by atoms with Crippen LogP contribution in [0, 0.1) is 0 Å². The molecule has 0 aromatic carbocycles. The molecule has 1 heterocycles. The molecular weight excluding hydrogens is 311 g/mol. The number of hydrogen-bond donors (Lipinski definition) is 7. The molecule has 0 saturated carbocycles. The molecule has 0 fully saturated rings. The topological polar surface area (TPSA) is 201 Å². The van der Waals surface area contributed by atoms with Gasteiger partial charge in [0.15, 0.2) is 5.96 Å². The van der Waals surface area contributed by atoms with E-state index in [1.54, 1.807) is 0 Å². The van der Waals surface area contributed by atoms with Gasteiger partial charge in [0.05, 0.1) is 18.7 Å². The predicted molar refractivity (Wildman–Crippen MR) is 76.9 cm³/mol. The zero-order valence-corrected chi connectivity index (χ0v) is 12.3. The van der Waals surface area contributed by atoms with Gasteiger partial charge in [0.25, 0.3) is 0 Å². The molecule has 0 radical (unpaired) electrons. The first-order valence-electron chi connectivity index (χ1n) is 6.62. The number of carbonyl (C=O) groups excluding carboxylic acids is 1. The second-order valence-corrected chi connectivity index (χ2v) is 4.93. The van der Waals surface area contributed by atoms with Crippen molar-refractivity contribution >= 4 is 17.8 Å². The normalized spacial score (nSPS) is 26.3. The summed E-state index contributed by atoms with van der Waals surface area (Å²) in [5.41, 5.74) is 10.6. The minimum atomic E-state index is -1.70. The quantitative estimate of drug-likeness (QED) is 0.188. The van der Waals surface area contributed by atoms with Gasteiger partial charge in [-0.05, 0) is 6.08 Å². The number of aliphatic hydroxyl groups is 3. The van der Waals surface area contributed by atoms with Crippen LogP contribution in [-0.4, -0.2) is 75.3 Å². The summed E-state index contributed by atoms with van der Waals surface area (Å²) < 4.78 is 5.13. The van der Waals surface area contributed by atoms with Crippen molar-refractivity contribution in [2.45, 2.75) is 37.3 Å². The maximum absolute atomic E-state index is 11.4. The molecule has 0 aromatic rings. The predicted octanol–water partition coefficient (Wildman–Crippen LogP) is -3.79. The molecule has 23 heavy (non-hydrogen) atoms. The molecule has 130 valence electrons. The lowest BCUT2D eigenvalue weighted by Gasteiger charge is -2.38. The minimum Gasteiger partial charge on any atom is -0.478 e. The van der Waals surface area contributed by atoms with Gasteiger partial charge in [-0.1, -0.05) is 0 Å². The second-order valence-electron chi connectivity index (χ2n) is 4.93. The molecule has 11 heteroatoms. The fraction of sp³-hybridized carbons (Fsp3) is 0.583. The number of amides is 1. The number of aliphatic imine (C=N–C) groups is 1. The van der Waals surface area contributed by atoms with Crippen molar-refractivity contribution in [3.8, 4) is 0 Å². The first-order chi connectivity index (χ1) is 10.7. The van der Waals surface area contributed by atoms with Gasteiger partial charge in [0.1, 0.15) is 18.3 Å². The molecule has 0 bridgehead atoms. The van der Waals surface area contributed by atoms with E-state index in [4.69, 9.17) is 26.4 Å². The Bertz CT molecular complexity index is 518. The van der Waals surface area contributed by atoms with Crippen LogP contribution < -0.4 is 16.8 Å². The van der Waals surface area contributed by atoms with Crippen LogP contribution in [0.1, 0.15) is 6.92 Å². The molecular formula is C12H20N4O7. The van der Waals surface area contributed by atoms with Crippen LogP contribution in [0.15, 0.2) is 16.8 Å². The molecule has 9 N–H and O–H groups in total. The maximum atomic E-state index is 11.4. The average molecular weight is 331 g/mol. The standard InChI is InChI=1S/C12H20N4O7/c1-4(18)15-8-5(16-12(13)14)2-7(11(21)22)23-10(8)9(20)6(19)3-17/h2,5-6,8-10,17,19-20H,3H2,1H3,(H,15,18)(H,21,22)(H4,13,14,16)/t5-,6+,8+,9+,10+/m0/s1/i12-1. The Morgan fingerprint density at radius 3 is 2.48 bits per heavy atom. The van der Waals surface area contributed by atoms with Gasteiger partial charge in [0.2, 0.25) is 11.7 Å². The van der Waals surface area contributed by atoms with Crippen LogP contribution in [0.5, 0.6) is 0 Å². The number of rotatable bonds is 6. The van der Waals surface area contributed by atoms with Crippen molar-refractivity contribution in [3.63, 3.8) is 0 Å². The van der Waals surface area contributed by atoms with Crippen LogP contribution in [0.4, 0.5) is 0 Å². The highest BCUT2D eigenvalue weighted by Gasteiger charge is 2.43. The number of hydrogen-bond acceptors (Lipinski definition) is 7. The number of nitrogens with zero attached hydrogens (tertiary/aromatic N) is 1. The first-order valence-corrected chi connectivity index (χ1v) is 6.62. The lowest BCUT2D eigenvalue weighted by atomic mass is 9.91. The number of guanidine groups is 1. The van der Waals surface area contributed by atoms with Gasteiger partial charge in [-0.15, -0.1) is 0 Å². The molecule has 1 rings (SSSR count). The smallest absolute Gasteiger partial charge is 0.370 e. The molecule has 0 aliphatic carbocycles. The monoisotopic (exact) mass is 331 g/mol. The van der Waals surface area contributed by atoms with Crippen LogP contribution in [0.25, 0.3) is 0 Å². The minimum absolute atomic E-state index is 0.371. The van der Waals surface area contributed by atoms with Crippen molar-refractivity contribution in [2.75, 3.05) is 6.61 Å². The Hall–Kier alpha value is -2.37. The maximum Gasteiger partial charge on any atom is 0.370 e. The van der Waals surface area contributed by atoms with E-state index in [2.05, 4.69) is 10.3 Å². The van der Waals surface area contributed by atoms with Crippen molar-refractivity contribution in [2.24, 2.45) is 16.5 Å². The summed E-state index contributed by atoms with van der Waals surface area (Å²) in [7, 11) is 0. The van der Waals surface area contributed by atoms with Gasteiger partial charge < -0.3 is 41.9 Å². The number of aliphatic hydroxyl groups excluding tert-OH is 3. The average Bonchev–Trinajstić information content (AvgIpc) is 2.45. The third-order valence-corrected chi connectivity index (χ3v) is 3.10. The summed E-state index contributed by atoms with van der Waals surface area (Å²) in [4.78, 5) is 26.3. The highest BCUT2D eigenvalue weighted by Crippen LogP contribution is 2.24. The van der Waals surface area contributed by atoms with Crippen molar-refractivity contribution in [1.82, 2.24) is 5.32 Å². The Balaban J connectivity index is 3.28. The summed E-state index contributed by atoms with van der Waals surface area (Å²) >= 11 is 0. The van der Waals surface area contributed by atoms with E-state index in [1.165, 1.54) is 6.92 Å². The van der Waals surface area contributed by atoms with Gasteiger partial charge in [-0.2, -0.15) is 0 Å². The Morgan fingerprint density at radius 1 is 1.43 bits per heavy atom. The number of aliphatic carboxylic acids is 1. The van der Waals surface area contributed by atoms with Crippen LogP contribution in [0.2, 0.25) is 0 Å². The first kappa shape index (κ1) is 18.7. The van der Waals surface area contributed by atoms with E-state index < -0.39 is 54.6 Å². The largest absolute Gasteiger partial charge is 0.478 e. The molecule has 0 aromatic heterocycles. The number of ether oxygens (including phenoxy) is 1. The number of carboxylic acid groups (broad SMARTS) is 1. The Kier molecular flexibility index (Phi) is 6.30. The van der Waals surface area contributed by atoms with E-state index in [0.717, 1.165) is 6.08 Å². The molecule has 11 nitrogen and oxygen atoms in total. The molecule has 0 spiro atoms. The van der Waals surface area contributed by atoms with Crippen LogP contribution in [0.3, 0.4) is 0 Å². The summed E-state index contributed by atoms with van der Waals surface area (Å²) in [5.74, 6) is -2.89. The summed E-state index contributed by atoms with van der Waals surface area (Å²) in [6.07, 6.45) is -3.65. The van der Waals surface area contributed by atoms with Crippen LogP contribution in [-0.2, 0) is 14.3 Å². The highest BCUT2D eigenvalue weighted by molar-refractivity contribution is 5.85. The van der Waals surface area contributed by atoms with E-state index in [9.17, 15) is 19.8 Å². The number of carboxylic acids is 1.